The van der Waals surface area contributed by atoms with Crippen molar-refractivity contribution in [1.82, 2.24) is 0 Å². The lowest BCUT2D eigenvalue weighted by molar-refractivity contribution is 0.356. The number of halogens is 1. The Labute approximate surface area is 83.6 Å². The summed E-state index contributed by atoms with van der Waals surface area (Å²) >= 11 is 0. The van der Waals surface area contributed by atoms with Gasteiger partial charge in [-0.3, -0.25) is 0 Å². The highest BCUT2D eigenvalue weighted by molar-refractivity contribution is 5.37. The van der Waals surface area contributed by atoms with Crippen molar-refractivity contribution in [2.75, 3.05) is 0 Å². The molecule has 1 aromatic carbocycles. The van der Waals surface area contributed by atoms with E-state index in [1.807, 2.05) is 6.92 Å². The predicted octanol–water partition coefficient (Wildman–Crippen LogP) is 2.31. The minimum Gasteiger partial charge on any atom is -0.508 e. The summed E-state index contributed by atoms with van der Waals surface area (Å²) in [6.45, 7) is 3.30. The lowest BCUT2D eigenvalue weighted by Gasteiger charge is -2.10. The molecule has 78 valence electrons. The summed E-state index contributed by atoms with van der Waals surface area (Å²) in [5, 5.41) is 9.37. The van der Waals surface area contributed by atoms with Crippen molar-refractivity contribution in [3.05, 3.63) is 29.3 Å². The van der Waals surface area contributed by atoms with Crippen molar-refractivity contribution in [2.45, 2.75) is 32.5 Å². The zero-order valence-electron chi connectivity index (χ0n) is 8.50. The average Bonchev–Trinajstić information content (AvgIpc) is 2.07. The molecule has 0 heterocycles. The van der Waals surface area contributed by atoms with Gasteiger partial charge in [0, 0.05) is 11.6 Å². The molecule has 0 saturated heterocycles. The van der Waals surface area contributed by atoms with Crippen molar-refractivity contribution in [1.29, 1.82) is 0 Å². The van der Waals surface area contributed by atoms with Crippen LogP contribution in [0.3, 0.4) is 0 Å². The van der Waals surface area contributed by atoms with Gasteiger partial charge in [0.1, 0.15) is 11.9 Å². The fourth-order valence-corrected chi connectivity index (χ4v) is 1.42. The highest BCUT2D eigenvalue weighted by atomic mass is 19.1. The molecular formula is C11H16FNO. The highest BCUT2D eigenvalue weighted by Gasteiger charge is 2.10. The van der Waals surface area contributed by atoms with E-state index >= 15 is 0 Å². The van der Waals surface area contributed by atoms with Gasteiger partial charge in [0.05, 0.1) is 0 Å². The molecule has 14 heavy (non-hydrogen) atoms. The lowest BCUT2D eigenvalue weighted by Crippen LogP contribution is -2.17. The number of benzene rings is 1. The van der Waals surface area contributed by atoms with E-state index in [0.29, 0.717) is 12.0 Å². The maximum atomic E-state index is 13.0. The van der Waals surface area contributed by atoms with Crippen molar-refractivity contribution >= 4 is 0 Å². The summed E-state index contributed by atoms with van der Waals surface area (Å²) in [5.41, 5.74) is 6.92. The predicted molar refractivity (Wildman–Crippen MR) is 55.0 cm³/mol. The van der Waals surface area contributed by atoms with Crippen molar-refractivity contribution in [3.63, 3.8) is 0 Å². The monoisotopic (exact) mass is 197 g/mol. The lowest BCUT2D eigenvalue weighted by atomic mass is 10.0. The zero-order chi connectivity index (χ0) is 10.7. The number of phenols is 1. The molecule has 0 radical (unpaired) electrons. The SMILES string of the molecule is CC(N)Cc1ccc(O)c(C(C)F)c1. The molecule has 0 amide bonds. The summed E-state index contributed by atoms with van der Waals surface area (Å²) in [6.07, 6.45) is -0.456. The number of hydrogen-bond donors (Lipinski definition) is 2. The van der Waals surface area contributed by atoms with E-state index < -0.39 is 6.17 Å². The number of hydrogen-bond acceptors (Lipinski definition) is 2. The minimum atomic E-state index is -1.15. The van der Waals surface area contributed by atoms with Crippen molar-refractivity contribution in [2.24, 2.45) is 5.73 Å². The van der Waals surface area contributed by atoms with E-state index in [4.69, 9.17) is 5.73 Å². The molecule has 1 aromatic rings. The van der Waals surface area contributed by atoms with Gasteiger partial charge < -0.3 is 10.8 Å². The Morgan fingerprint density at radius 3 is 2.57 bits per heavy atom. The molecule has 1 rings (SSSR count). The molecule has 0 aromatic heterocycles. The van der Waals surface area contributed by atoms with Crippen LogP contribution in [0.5, 0.6) is 5.75 Å². The standard InChI is InChI=1S/C11H16FNO/c1-7(13)5-9-3-4-11(14)10(6-9)8(2)12/h3-4,6-8,14H,5,13H2,1-2H3. The molecular weight excluding hydrogens is 181 g/mol. The van der Waals surface area contributed by atoms with E-state index in [1.165, 1.54) is 13.0 Å². The third-order valence-corrected chi connectivity index (χ3v) is 2.08. The van der Waals surface area contributed by atoms with Gasteiger partial charge in [0.25, 0.3) is 0 Å². The third-order valence-electron chi connectivity index (χ3n) is 2.08. The van der Waals surface area contributed by atoms with E-state index in [1.54, 1.807) is 12.1 Å². The molecule has 0 aliphatic heterocycles. The van der Waals surface area contributed by atoms with Gasteiger partial charge in [0.2, 0.25) is 0 Å². The van der Waals surface area contributed by atoms with E-state index in [0.717, 1.165) is 5.56 Å². The summed E-state index contributed by atoms with van der Waals surface area (Å²) in [5.74, 6) is 0.00780. The molecule has 0 spiro atoms. The van der Waals surface area contributed by atoms with Crippen molar-refractivity contribution in [3.8, 4) is 5.75 Å². The third kappa shape index (κ3) is 2.70. The second-order valence-corrected chi connectivity index (χ2v) is 3.69. The molecule has 0 saturated carbocycles. The first-order chi connectivity index (χ1) is 6.50. The highest BCUT2D eigenvalue weighted by Crippen LogP contribution is 2.27. The molecule has 0 aliphatic rings. The molecule has 3 heteroatoms. The Balaban J connectivity index is 2.94. The Morgan fingerprint density at radius 2 is 2.07 bits per heavy atom. The Bertz CT molecular complexity index is 310. The number of aromatic hydroxyl groups is 1. The van der Waals surface area contributed by atoms with Crippen LogP contribution >= 0.6 is 0 Å². The molecule has 0 fully saturated rings. The van der Waals surface area contributed by atoms with E-state index in [-0.39, 0.29) is 11.8 Å². The maximum Gasteiger partial charge on any atom is 0.126 e. The fourth-order valence-electron chi connectivity index (χ4n) is 1.42. The Hall–Kier alpha value is -1.09. The van der Waals surface area contributed by atoms with Crippen LogP contribution in [0.15, 0.2) is 18.2 Å². The number of rotatable bonds is 3. The first-order valence-electron chi connectivity index (χ1n) is 4.72. The van der Waals surface area contributed by atoms with Crippen LogP contribution in [0, 0.1) is 0 Å². The van der Waals surface area contributed by atoms with Crippen LogP contribution in [0.1, 0.15) is 31.1 Å². The van der Waals surface area contributed by atoms with Crippen LogP contribution in [0.4, 0.5) is 4.39 Å². The summed E-state index contributed by atoms with van der Waals surface area (Å²) in [4.78, 5) is 0. The van der Waals surface area contributed by atoms with Crippen LogP contribution in [0.2, 0.25) is 0 Å². The van der Waals surface area contributed by atoms with Gasteiger partial charge in [-0.2, -0.15) is 0 Å². The number of nitrogens with two attached hydrogens (primary N) is 1. The largest absolute Gasteiger partial charge is 0.508 e. The maximum absolute atomic E-state index is 13.0. The first kappa shape index (κ1) is 11.0. The van der Waals surface area contributed by atoms with Gasteiger partial charge in [-0.1, -0.05) is 6.07 Å². The second-order valence-electron chi connectivity index (χ2n) is 3.69. The summed E-state index contributed by atoms with van der Waals surface area (Å²) in [7, 11) is 0. The number of alkyl halides is 1. The van der Waals surface area contributed by atoms with Crippen LogP contribution in [-0.4, -0.2) is 11.1 Å². The second kappa shape index (κ2) is 4.42. The van der Waals surface area contributed by atoms with Crippen molar-refractivity contribution < 1.29 is 9.50 Å². The molecule has 2 nitrogen and oxygen atoms in total. The minimum absolute atomic E-state index is 0.00780. The Kier molecular flexibility index (Phi) is 3.47. The van der Waals surface area contributed by atoms with Gasteiger partial charge in [-0.15, -0.1) is 0 Å². The Morgan fingerprint density at radius 1 is 1.43 bits per heavy atom. The van der Waals surface area contributed by atoms with Crippen LogP contribution < -0.4 is 5.73 Å². The molecule has 0 bridgehead atoms. The smallest absolute Gasteiger partial charge is 0.126 e. The van der Waals surface area contributed by atoms with E-state index in [9.17, 15) is 9.50 Å². The quantitative estimate of drug-likeness (QED) is 0.781. The molecule has 2 atom stereocenters. The van der Waals surface area contributed by atoms with Gasteiger partial charge in [-0.05, 0) is 38.0 Å². The molecule has 0 aliphatic carbocycles. The first-order valence-corrected chi connectivity index (χ1v) is 4.72. The molecule has 2 unspecified atom stereocenters. The zero-order valence-corrected chi connectivity index (χ0v) is 8.50. The van der Waals surface area contributed by atoms with Gasteiger partial charge in [-0.25, -0.2) is 4.39 Å². The normalized spacial score (nSPS) is 15.1. The molecule has 3 N–H and O–H groups in total. The van der Waals surface area contributed by atoms with Crippen LogP contribution in [0.25, 0.3) is 0 Å². The summed E-state index contributed by atoms with van der Waals surface area (Å²) in [6, 6.07) is 5.00. The van der Waals surface area contributed by atoms with E-state index in [2.05, 4.69) is 0 Å². The number of phenolic OH excluding ortho intramolecular Hbond substituents is 1. The van der Waals surface area contributed by atoms with Gasteiger partial charge >= 0.3 is 0 Å². The van der Waals surface area contributed by atoms with Gasteiger partial charge in [0.15, 0.2) is 0 Å². The van der Waals surface area contributed by atoms with Crippen LogP contribution in [-0.2, 0) is 6.42 Å². The summed E-state index contributed by atoms with van der Waals surface area (Å²) < 4.78 is 13.0. The topological polar surface area (TPSA) is 46.2 Å². The average molecular weight is 197 g/mol. The fraction of sp³-hybridized carbons (Fsp3) is 0.455.